The first-order chi connectivity index (χ1) is 12.0. The third kappa shape index (κ3) is 3.67. The summed E-state index contributed by atoms with van der Waals surface area (Å²) in [5.74, 6) is -0.252. The highest BCUT2D eigenvalue weighted by molar-refractivity contribution is 7.17. The number of non-ortho nitro benzene ring substituents is 1. The molecule has 0 spiro atoms. The second-order valence-electron chi connectivity index (χ2n) is 5.04. The van der Waals surface area contributed by atoms with E-state index >= 15 is 0 Å². The van der Waals surface area contributed by atoms with E-state index in [2.05, 4.69) is 10.3 Å². The van der Waals surface area contributed by atoms with Crippen LogP contribution in [-0.2, 0) is 0 Å². The van der Waals surface area contributed by atoms with E-state index in [9.17, 15) is 14.9 Å². The van der Waals surface area contributed by atoms with Crippen molar-refractivity contribution in [3.8, 4) is 16.3 Å². The molecule has 1 amide bonds. The number of rotatable bonds is 5. The van der Waals surface area contributed by atoms with E-state index in [0.29, 0.717) is 5.13 Å². The Labute approximate surface area is 151 Å². The number of carbonyl (C=O) groups excluding carboxylic acids is 1. The summed E-state index contributed by atoms with van der Waals surface area (Å²) >= 11 is 2.91. The van der Waals surface area contributed by atoms with E-state index in [-0.39, 0.29) is 17.0 Å². The van der Waals surface area contributed by atoms with Crippen LogP contribution in [0.4, 0.5) is 10.8 Å². The molecular weight excluding hydrogens is 362 g/mol. The maximum Gasteiger partial charge on any atom is 0.270 e. The molecule has 3 aromatic rings. The number of hydrogen-bond acceptors (Lipinski definition) is 7. The Bertz CT molecular complexity index is 949. The quantitative estimate of drug-likeness (QED) is 0.528. The first kappa shape index (κ1) is 17.1. The number of benzene rings is 1. The van der Waals surface area contributed by atoms with Gasteiger partial charge in [-0.25, -0.2) is 4.98 Å². The SMILES string of the molecule is COc1ccc([N+](=O)[O-])cc1C(=O)Nc1nc(-c2ccc(C)s2)cs1. The van der Waals surface area contributed by atoms with Crippen molar-refractivity contribution in [2.45, 2.75) is 6.92 Å². The average molecular weight is 375 g/mol. The molecule has 3 rings (SSSR count). The molecule has 2 aromatic heterocycles. The lowest BCUT2D eigenvalue weighted by Crippen LogP contribution is -2.13. The van der Waals surface area contributed by atoms with Crippen molar-refractivity contribution < 1.29 is 14.5 Å². The number of aryl methyl sites for hydroxylation is 1. The maximum absolute atomic E-state index is 12.5. The molecule has 25 heavy (non-hydrogen) atoms. The van der Waals surface area contributed by atoms with Crippen molar-refractivity contribution in [3.63, 3.8) is 0 Å². The highest BCUT2D eigenvalue weighted by Gasteiger charge is 2.19. The molecule has 0 saturated carbocycles. The lowest BCUT2D eigenvalue weighted by atomic mass is 10.1. The minimum Gasteiger partial charge on any atom is -0.496 e. The Morgan fingerprint density at radius 1 is 1.32 bits per heavy atom. The van der Waals surface area contributed by atoms with Crippen LogP contribution in [0.15, 0.2) is 35.7 Å². The van der Waals surface area contributed by atoms with Crippen LogP contribution in [0.5, 0.6) is 5.75 Å². The average Bonchev–Trinajstić information content (AvgIpc) is 3.23. The minimum atomic E-state index is -0.559. The Kier molecular flexibility index (Phi) is 4.77. The van der Waals surface area contributed by atoms with Gasteiger partial charge in [0, 0.05) is 22.4 Å². The highest BCUT2D eigenvalue weighted by atomic mass is 32.1. The van der Waals surface area contributed by atoms with Gasteiger partial charge in [-0.05, 0) is 25.1 Å². The van der Waals surface area contributed by atoms with Gasteiger partial charge in [-0.2, -0.15) is 0 Å². The number of aromatic nitrogens is 1. The van der Waals surface area contributed by atoms with E-state index in [1.165, 1.54) is 41.5 Å². The molecule has 0 saturated heterocycles. The maximum atomic E-state index is 12.5. The molecule has 0 aliphatic rings. The lowest BCUT2D eigenvalue weighted by Gasteiger charge is -2.07. The molecule has 0 atom stereocenters. The first-order valence-electron chi connectivity index (χ1n) is 7.14. The zero-order valence-electron chi connectivity index (χ0n) is 13.3. The predicted molar refractivity (Wildman–Crippen MR) is 97.8 cm³/mol. The number of methoxy groups -OCH3 is 1. The van der Waals surface area contributed by atoms with Crippen molar-refractivity contribution in [3.05, 3.63) is 56.3 Å². The van der Waals surface area contributed by atoms with Crippen LogP contribution in [0.25, 0.3) is 10.6 Å². The van der Waals surface area contributed by atoms with Gasteiger partial charge in [0.05, 0.1) is 28.2 Å². The fraction of sp³-hybridized carbons (Fsp3) is 0.125. The lowest BCUT2D eigenvalue weighted by molar-refractivity contribution is -0.384. The minimum absolute atomic E-state index is 0.0837. The summed E-state index contributed by atoms with van der Waals surface area (Å²) in [7, 11) is 1.40. The highest BCUT2D eigenvalue weighted by Crippen LogP contribution is 2.31. The number of nitro benzene ring substituents is 1. The van der Waals surface area contributed by atoms with Crippen LogP contribution in [-0.4, -0.2) is 22.9 Å². The van der Waals surface area contributed by atoms with Gasteiger partial charge in [0.25, 0.3) is 11.6 Å². The number of carbonyl (C=O) groups is 1. The van der Waals surface area contributed by atoms with Crippen LogP contribution >= 0.6 is 22.7 Å². The van der Waals surface area contributed by atoms with Crippen molar-refractivity contribution in [1.29, 1.82) is 0 Å². The fourth-order valence-corrected chi connectivity index (χ4v) is 3.78. The third-order valence-electron chi connectivity index (χ3n) is 3.36. The first-order valence-corrected chi connectivity index (χ1v) is 8.83. The molecule has 1 aromatic carbocycles. The molecule has 0 aliphatic heterocycles. The molecule has 9 heteroatoms. The van der Waals surface area contributed by atoms with Gasteiger partial charge in [0.1, 0.15) is 5.75 Å². The summed E-state index contributed by atoms with van der Waals surface area (Å²) < 4.78 is 5.12. The van der Waals surface area contributed by atoms with E-state index in [0.717, 1.165) is 10.6 Å². The molecular formula is C16H13N3O4S2. The number of anilines is 1. The summed E-state index contributed by atoms with van der Waals surface area (Å²) in [6, 6.07) is 7.85. The van der Waals surface area contributed by atoms with Gasteiger partial charge in [-0.3, -0.25) is 20.2 Å². The second kappa shape index (κ2) is 6.99. The Hall–Kier alpha value is -2.78. The largest absolute Gasteiger partial charge is 0.496 e. The van der Waals surface area contributed by atoms with Gasteiger partial charge in [-0.15, -0.1) is 22.7 Å². The van der Waals surface area contributed by atoms with Gasteiger partial charge < -0.3 is 4.74 Å². The molecule has 0 unspecified atom stereocenters. The van der Waals surface area contributed by atoms with E-state index in [1.807, 2.05) is 24.4 Å². The summed E-state index contributed by atoms with van der Waals surface area (Å²) in [6.07, 6.45) is 0. The van der Waals surface area contributed by atoms with Crippen LogP contribution in [0.3, 0.4) is 0 Å². The van der Waals surface area contributed by atoms with E-state index < -0.39 is 10.8 Å². The molecule has 0 bridgehead atoms. The summed E-state index contributed by atoms with van der Waals surface area (Å²) in [4.78, 5) is 29.4. The number of thiophene rings is 1. The number of nitro groups is 1. The van der Waals surface area contributed by atoms with Crippen LogP contribution in [0.2, 0.25) is 0 Å². The molecule has 0 radical (unpaired) electrons. The Morgan fingerprint density at radius 2 is 2.12 bits per heavy atom. The molecule has 0 aliphatic carbocycles. The molecule has 2 heterocycles. The Balaban J connectivity index is 1.84. The zero-order chi connectivity index (χ0) is 18.0. The Morgan fingerprint density at radius 3 is 2.76 bits per heavy atom. The third-order valence-corrected chi connectivity index (χ3v) is 5.14. The smallest absolute Gasteiger partial charge is 0.270 e. The van der Waals surface area contributed by atoms with Crippen molar-refractivity contribution in [1.82, 2.24) is 4.98 Å². The summed E-state index contributed by atoms with van der Waals surface area (Å²) in [5, 5.41) is 15.9. The van der Waals surface area contributed by atoms with Gasteiger partial charge in [-0.1, -0.05) is 0 Å². The van der Waals surface area contributed by atoms with Gasteiger partial charge >= 0.3 is 0 Å². The topological polar surface area (TPSA) is 94.4 Å². The number of thiazole rings is 1. The van der Waals surface area contributed by atoms with Crippen LogP contribution < -0.4 is 10.1 Å². The van der Waals surface area contributed by atoms with Crippen LogP contribution in [0, 0.1) is 17.0 Å². The monoisotopic (exact) mass is 375 g/mol. The normalized spacial score (nSPS) is 10.5. The summed E-state index contributed by atoms with van der Waals surface area (Å²) in [5.41, 5.74) is 0.685. The molecule has 0 fully saturated rings. The second-order valence-corrected chi connectivity index (χ2v) is 7.19. The predicted octanol–water partition coefficient (Wildman–Crippen LogP) is 4.35. The number of nitrogens with one attached hydrogen (secondary N) is 1. The van der Waals surface area contributed by atoms with Crippen molar-refractivity contribution in [2.24, 2.45) is 0 Å². The van der Waals surface area contributed by atoms with Crippen molar-refractivity contribution in [2.75, 3.05) is 12.4 Å². The summed E-state index contributed by atoms with van der Waals surface area (Å²) in [6.45, 7) is 2.01. The molecule has 7 nitrogen and oxygen atoms in total. The standard InChI is InChI=1S/C16H13N3O4S2/c1-9-3-6-14(25-9)12-8-24-16(17-12)18-15(20)11-7-10(19(21)22)4-5-13(11)23-2/h3-8H,1-2H3,(H,17,18,20). The van der Waals surface area contributed by atoms with Gasteiger partial charge in [0.2, 0.25) is 0 Å². The number of ether oxygens (including phenoxy) is 1. The van der Waals surface area contributed by atoms with E-state index in [1.54, 1.807) is 11.3 Å². The van der Waals surface area contributed by atoms with Gasteiger partial charge in [0.15, 0.2) is 5.13 Å². The van der Waals surface area contributed by atoms with Crippen molar-refractivity contribution >= 4 is 39.4 Å². The number of hydrogen-bond donors (Lipinski definition) is 1. The van der Waals surface area contributed by atoms with E-state index in [4.69, 9.17) is 4.74 Å². The van der Waals surface area contributed by atoms with Crippen LogP contribution in [0.1, 0.15) is 15.2 Å². The fourth-order valence-electron chi connectivity index (χ4n) is 2.17. The zero-order valence-corrected chi connectivity index (χ0v) is 14.9. The molecule has 1 N–H and O–H groups in total. The number of amides is 1. The number of nitrogens with zero attached hydrogens (tertiary/aromatic N) is 2. The molecule has 128 valence electrons.